The highest BCUT2D eigenvalue weighted by Gasteiger charge is 2.25. The van der Waals surface area contributed by atoms with Crippen LogP contribution < -0.4 is 5.73 Å². The van der Waals surface area contributed by atoms with Crippen molar-refractivity contribution in [2.75, 3.05) is 33.4 Å². The predicted octanol–water partition coefficient (Wildman–Crippen LogP) is -0.542. The Bertz CT molecular complexity index is 474. The second-order valence-corrected chi connectivity index (χ2v) is 4.48. The van der Waals surface area contributed by atoms with Gasteiger partial charge in [-0.2, -0.15) is 5.10 Å². The minimum Gasteiger partial charge on any atom is -0.465 e. The van der Waals surface area contributed by atoms with E-state index in [1.165, 1.54) is 18.2 Å². The van der Waals surface area contributed by atoms with Crippen LogP contribution in [0.3, 0.4) is 0 Å². The van der Waals surface area contributed by atoms with Crippen LogP contribution in [0.1, 0.15) is 18.5 Å². The van der Waals surface area contributed by atoms with E-state index < -0.39 is 12.0 Å². The van der Waals surface area contributed by atoms with E-state index in [2.05, 4.69) is 5.10 Å². The highest BCUT2D eigenvalue weighted by atomic mass is 16.5. The van der Waals surface area contributed by atoms with Crippen LogP contribution in [0.4, 0.5) is 0 Å². The zero-order valence-corrected chi connectivity index (χ0v) is 12.6. The first-order valence-electron chi connectivity index (χ1n) is 6.67. The quantitative estimate of drug-likeness (QED) is 0.647. The molecule has 21 heavy (non-hydrogen) atoms. The number of esters is 1. The Morgan fingerprint density at radius 1 is 1.52 bits per heavy atom. The number of methoxy groups -OCH3 is 1. The van der Waals surface area contributed by atoms with Crippen molar-refractivity contribution in [2.45, 2.75) is 13.0 Å². The van der Waals surface area contributed by atoms with Gasteiger partial charge in [-0.1, -0.05) is 0 Å². The smallest absolute Gasteiger partial charge is 0.325 e. The van der Waals surface area contributed by atoms with Gasteiger partial charge in [0.05, 0.1) is 19.4 Å². The molecule has 0 aliphatic heterocycles. The van der Waals surface area contributed by atoms with Crippen molar-refractivity contribution in [3.8, 4) is 0 Å². The fraction of sp³-hybridized carbons (Fsp3) is 0.615. The SMILES string of the molecule is CCOC(=O)CN(CCOC)C(=O)C(N)c1cnn(C)c1. The average molecular weight is 298 g/mol. The fourth-order valence-corrected chi connectivity index (χ4v) is 1.77. The minimum absolute atomic E-state index is 0.149. The first-order valence-corrected chi connectivity index (χ1v) is 6.67. The average Bonchev–Trinajstić information content (AvgIpc) is 2.88. The third-order valence-corrected chi connectivity index (χ3v) is 2.85. The summed E-state index contributed by atoms with van der Waals surface area (Å²) in [5.74, 6) is -0.839. The second kappa shape index (κ2) is 8.38. The van der Waals surface area contributed by atoms with Crippen molar-refractivity contribution in [1.29, 1.82) is 0 Å². The molecule has 1 aromatic rings. The van der Waals surface area contributed by atoms with Crippen molar-refractivity contribution in [3.05, 3.63) is 18.0 Å². The third-order valence-electron chi connectivity index (χ3n) is 2.85. The van der Waals surface area contributed by atoms with E-state index in [0.717, 1.165) is 0 Å². The van der Waals surface area contributed by atoms with Crippen LogP contribution in [0.25, 0.3) is 0 Å². The van der Waals surface area contributed by atoms with E-state index in [4.69, 9.17) is 15.2 Å². The maximum absolute atomic E-state index is 12.4. The van der Waals surface area contributed by atoms with Crippen LogP contribution in [-0.2, 0) is 26.1 Å². The summed E-state index contributed by atoms with van der Waals surface area (Å²) in [6.07, 6.45) is 3.20. The summed E-state index contributed by atoms with van der Waals surface area (Å²) in [5, 5.41) is 3.98. The fourth-order valence-electron chi connectivity index (χ4n) is 1.77. The molecule has 0 spiro atoms. The summed E-state index contributed by atoms with van der Waals surface area (Å²) in [6, 6.07) is -0.870. The molecule has 1 rings (SSSR count). The number of ether oxygens (including phenoxy) is 2. The van der Waals surface area contributed by atoms with Gasteiger partial charge in [0.1, 0.15) is 12.6 Å². The van der Waals surface area contributed by atoms with Crippen molar-refractivity contribution >= 4 is 11.9 Å². The van der Waals surface area contributed by atoms with Crippen molar-refractivity contribution in [1.82, 2.24) is 14.7 Å². The summed E-state index contributed by atoms with van der Waals surface area (Å²) in [4.78, 5) is 25.3. The van der Waals surface area contributed by atoms with Gasteiger partial charge in [-0.3, -0.25) is 14.3 Å². The van der Waals surface area contributed by atoms with Crippen molar-refractivity contribution in [3.63, 3.8) is 0 Å². The molecule has 0 saturated heterocycles. The molecular formula is C13H22N4O4. The molecule has 0 bridgehead atoms. The first-order chi connectivity index (χ1) is 9.99. The number of carbonyl (C=O) groups excluding carboxylic acids is 2. The van der Waals surface area contributed by atoms with Crippen LogP contribution in [0.5, 0.6) is 0 Å². The molecule has 0 aliphatic rings. The minimum atomic E-state index is -0.870. The lowest BCUT2D eigenvalue weighted by Gasteiger charge is -2.24. The highest BCUT2D eigenvalue weighted by molar-refractivity contribution is 5.86. The zero-order valence-electron chi connectivity index (χ0n) is 12.6. The monoisotopic (exact) mass is 298 g/mol. The normalized spacial score (nSPS) is 12.0. The van der Waals surface area contributed by atoms with E-state index in [0.29, 0.717) is 12.2 Å². The van der Waals surface area contributed by atoms with E-state index >= 15 is 0 Å². The Morgan fingerprint density at radius 2 is 2.24 bits per heavy atom. The molecule has 1 heterocycles. The number of carbonyl (C=O) groups is 2. The van der Waals surface area contributed by atoms with Gasteiger partial charge < -0.3 is 20.1 Å². The molecule has 1 amide bonds. The van der Waals surface area contributed by atoms with Crippen molar-refractivity contribution in [2.24, 2.45) is 12.8 Å². The lowest BCUT2D eigenvalue weighted by Crippen LogP contribution is -2.43. The number of aryl methyl sites for hydroxylation is 1. The molecule has 0 aliphatic carbocycles. The van der Waals surface area contributed by atoms with Crippen LogP contribution in [-0.4, -0.2) is 60.0 Å². The summed E-state index contributed by atoms with van der Waals surface area (Å²) in [6.45, 7) is 2.40. The summed E-state index contributed by atoms with van der Waals surface area (Å²) in [5.41, 5.74) is 6.53. The van der Waals surface area contributed by atoms with E-state index in [1.807, 2.05) is 0 Å². The van der Waals surface area contributed by atoms with Crippen LogP contribution in [0, 0.1) is 0 Å². The lowest BCUT2D eigenvalue weighted by molar-refractivity contribution is -0.149. The maximum atomic E-state index is 12.4. The lowest BCUT2D eigenvalue weighted by atomic mass is 10.1. The Labute approximate surface area is 123 Å². The number of hydrogen-bond donors (Lipinski definition) is 1. The van der Waals surface area contributed by atoms with Gasteiger partial charge in [-0.25, -0.2) is 0 Å². The molecule has 2 N–H and O–H groups in total. The van der Waals surface area contributed by atoms with Gasteiger partial charge in [0, 0.05) is 32.5 Å². The number of hydrogen-bond acceptors (Lipinski definition) is 6. The molecular weight excluding hydrogens is 276 g/mol. The molecule has 8 nitrogen and oxygen atoms in total. The summed E-state index contributed by atoms with van der Waals surface area (Å²) < 4.78 is 11.4. The largest absolute Gasteiger partial charge is 0.465 e. The van der Waals surface area contributed by atoms with Gasteiger partial charge in [0.2, 0.25) is 5.91 Å². The van der Waals surface area contributed by atoms with Crippen LogP contribution in [0.2, 0.25) is 0 Å². The first kappa shape index (κ1) is 17.1. The van der Waals surface area contributed by atoms with E-state index in [-0.39, 0.29) is 25.6 Å². The highest BCUT2D eigenvalue weighted by Crippen LogP contribution is 2.12. The Kier molecular flexibility index (Phi) is 6.83. The van der Waals surface area contributed by atoms with Gasteiger partial charge in [0.25, 0.3) is 0 Å². The molecule has 1 atom stereocenters. The number of aromatic nitrogens is 2. The Morgan fingerprint density at radius 3 is 2.76 bits per heavy atom. The summed E-state index contributed by atoms with van der Waals surface area (Å²) in [7, 11) is 3.26. The molecule has 0 aromatic carbocycles. The topological polar surface area (TPSA) is 99.7 Å². The second-order valence-electron chi connectivity index (χ2n) is 4.48. The zero-order chi connectivity index (χ0) is 15.8. The number of nitrogens with zero attached hydrogens (tertiary/aromatic N) is 3. The predicted molar refractivity (Wildman–Crippen MR) is 75.2 cm³/mol. The Hall–Kier alpha value is -1.93. The van der Waals surface area contributed by atoms with Gasteiger partial charge in [0.15, 0.2) is 0 Å². The van der Waals surface area contributed by atoms with E-state index in [9.17, 15) is 9.59 Å². The summed E-state index contributed by atoms with van der Waals surface area (Å²) >= 11 is 0. The Balaban J connectivity index is 2.75. The maximum Gasteiger partial charge on any atom is 0.325 e. The van der Waals surface area contributed by atoms with E-state index in [1.54, 1.807) is 24.9 Å². The standard InChI is InChI=1S/C13H22N4O4/c1-4-21-11(18)9-17(5-6-20-3)13(19)12(14)10-7-15-16(2)8-10/h7-8,12H,4-6,9,14H2,1-3H3. The molecule has 0 saturated carbocycles. The molecule has 0 fully saturated rings. The van der Waals surface area contributed by atoms with Crippen molar-refractivity contribution < 1.29 is 19.1 Å². The molecule has 0 radical (unpaired) electrons. The molecule has 118 valence electrons. The van der Waals surface area contributed by atoms with Gasteiger partial charge >= 0.3 is 5.97 Å². The molecule has 1 aromatic heterocycles. The number of amides is 1. The van der Waals surface area contributed by atoms with Crippen LogP contribution in [0.15, 0.2) is 12.4 Å². The van der Waals surface area contributed by atoms with Crippen LogP contribution >= 0.6 is 0 Å². The molecule has 1 unspecified atom stereocenters. The van der Waals surface area contributed by atoms with Gasteiger partial charge in [-0.15, -0.1) is 0 Å². The molecule has 8 heteroatoms. The third kappa shape index (κ3) is 5.16. The van der Waals surface area contributed by atoms with Gasteiger partial charge in [-0.05, 0) is 6.92 Å². The number of nitrogens with two attached hydrogens (primary N) is 1. The number of rotatable bonds is 8.